The molecule has 0 spiro atoms. The van der Waals surface area contributed by atoms with Crippen molar-refractivity contribution in [3.05, 3.63) is 40.7 Å². The second-order valence-corrected chi connectivity index (χ2v) is 4.58. The minimum atomic E-state index is -4.82. The van der Waals surface area contributed by atoms with Gasteiger partial charge in [0.05, 0.1) is 11.6 Å². The molecule has 0 aliphatic rings. The normalized spacial score (nSPS) is 13.4. The number of pyridine rings is 1. The number of ether oxygens (including phenoxy) is 2. The van der Waals surface area contributed by atoms with Crippen molar-refractivity contribution in [2.75, 3.05) is 7.11 Å². The van der Waals surface area contributed by atoms with E-state index in [0.29, 0.717) is 6.54 Å². The number of hydrogen-bond acceptors (Lipinski definition) is 3. The Hall–Kier alpha value is -2.02. The van der Waals surface area contributed by atoms with Gasteiger partial charge in [-0.1, -0.05) is 6.07 Å². The summed E-state index contributed by atoms with van der Waals surface area (Å²) in [5.41, 5.74) is -0.259. The number of methoxy groups -OCH3 is 1. The minimum Gasteiger partial charge on any atom is -0.404 e. The van der Waals surface area contributed by atoms with Gasteiger partial charge in [0.25, 0.3) is 0 Å². The van der Waals surface area contributed by atoms with E-state index < -0.39 is 12.1 Å². The van der Waals surface area contributed by atoms with Crippen LogP contribution >= 0.6 is 0 Å². The van der Waals surface area contributed by atoms with E-state index in [9.17, 15) is 18.0 Å². The largest absolute Gasteiger partial charge is 0.573 e. The maximum Gasteiger partial charge on any atom is 0.573 e. The zero-order valence-corrected chi connectivity index (χ0v) is 11.5. The van der Waals surface area contributed by atoms with Crippen molar-refractivity contribution in [2.45, 2.75) is 25.9 Å². The van der Waals surface area contributed by atoms with Crippen LogP contribution in [-0.4, -0.2) is 24.1 Å². The summed E-state index contributed by atoms with van der Waals surface area (Å²) in [5.74, 6) is -0.402. The van der Waals surface area contributed by atoms with Crippen molar-refractivity contribution >= 4 is 10.9 Å². The lowest BCUT2D eigenvalue weighted by atomic mass is 10.2. The second-order valence-electron chi connectivity index (χ2n) is 4.58. The van der Waals surface area contributed by atoms with Gasteiger partial charge in [0.2, 0.25) is 0 Å². The number of benzene rings is 1. The summed E-state index contributed by atoms with van der Waals surface area (Å²) >= 11 is 0. The molecule has 4 nitrogen and oxygen atoms in total. The fraction of sp³-hybridized carbons (Fsp3) is 0.357. The Morgan fingerprint density at radius 1 is 1.29 bits per heavy atom. The first-order chi connectivity index (χ1) is 9.81. The van der Waals surface area contributed by atoms with E-state index >= 15 is 0 Å². The standard InChI is InChI=1S/C14H14F3NO3/c1-9(20-2)8-18-7-6-11(19)10-4-3-5-12(13(10)18)21-14(15,16)17/h3-7,9H,8H2,1-2H3. The summed E-state index contributed by atoms with van der Waals surface area (Å²) in [5, 5.41) is 0.169. The fourth-order valence-electron chi connectivity index (χ4n) is 2.05. The Balaban J connectivity index is 2.63. The molecule has 2 rings (SSSR count). The van der Waals surface area contributed by atoms with E-state index in [1.807, 2.05) is 0 Å². The molecular weight excluding hydrogens is 287 g/mol. The lowest BCUT2D eigenvalue weighted by Crippen LogP contribution is -2.21. The summed E-state index contributed by atoms with van der Waals surface area (Å²) in [4.78, 5) is 11.8. The number of nitrogens with zero attached hydrogens (tertiary/aromatic N) is 1. The van der Waals surface area contributed by atoms with Gasteiger partial charge in [0, 0.05) is 31.3 Å². The zero-order valence-electron chi connectivity index (χ0n) is 11.5. The van der Waals surface area contributed by atoms with Crippen LogP contribution < -0.4 is 10.2 Å². The van der Waals surface area contributed by atoms with Gasteiger partial charge < -0.3 is 14.0 Å². The third kappa shape index (κ3) is 3.55. The molecule has 0 N–H and O–H groups in total. The van der Waals surface area contributed by atoms with Crippen molar-refractivity contribution in [3.63, 3.8) is 0 Å². The van der Waals surface area contributed by atoms with E-state index in [1.165, 1.54) is 42.1 Å². The predicted molar refractivity (Wildman–Crippen MR) is 71.4 cm³/mol. The van der Waals surface area contributed by atoms with Crippen LogP contribution in [0.1, 0.15) is 6.92 Å². The Morgan fingerprint density at radius 2 is 2.00 bits per heavy atom. The average Bonchev–Trinajstić information content (AvgIpc) is 2.40. The van der Waals surface area contributed by atoms with E-state index in [-0.39, 0.29) is 22.4 Å². The summed E-state index contributed by atoms with van der Waals surface area (Å²) in [6.07, 6.45) is -3.61. The molecule has 0 fully saturated rings. The molecule has 1 unspecified atom stereocenters. The number of aromatic nitrogens is 1. The van der Waals surface area contributed by atoms with Gasteiger partial charge in [0.15, 0.2) is 11.2 Å². The van der Waals surface area contributed by atoms with Crippen LogP contribution in [0.25, 0.3) is 10.9 Å². The minimum absolute atomic E-state index is 0.103. The quantitative estimate of drug-likeness (QED) is 0.872. The Bertz CT molecular complexity index is 694. The first kappa shape index (κ1) is 15.4. The molecule has 1 aromatic carbocycles. The maximum absolute atomic E-state index is 12.5. The van der Waals surface area contributed by atoms with Crippen LogP contribution in [0.2, 0.25) is 0 Å². The van der Waals surface area contributed by atoms with Gasteiger partial charge in [-0.2, -0.15) is 0 Å². The van der Waals surface area contributed by atoms with Gasteiger partial charge >= 0.3 is 6.36 Å². The van der Waals surface area contributed by atoms with Gasteiger partial charge in [0.1, 0.15) is 0 Å². The topological polar surface area (TPSA) is 40.5 Å². The molecule has 0 saturated heterocycles. The monoisotopic (exact) mass is 301 g/mol. The highest BCUT2D eigenvalue weighted by Gasteiger charge is 2.32. The van der Waals surface area contributed by atoms with Crippen LogP contribution in [0, 0.1) is 0 Å². The molecule has 0 amide bonds. The molecule has 2 aromatic rings. The molecule has 1 aromatic heterocycles. The SMILES string of the molecule is COC(C)Cn1ccc(=O)c2cccc(OC(F)(F)F)c21. The number of fused-ring (bicyclic) bond motifs is 1. The lowest BCUT2D eigenvalue weighted by molar-refractivity contribution is -0.274. The summed E-state index contributed by atoms with van der Waals surface area (Å²) < 4.78 is 48.1. The molecule has 0 bridgehead atoms. The second kappa shape index (κ2) is 5.77. The van der Waals surface area contributed by atoms with E-state index in [4.69, 9.17) is 4.74 Å². The van der Waals surface area contributed by atoms with Crippen LogP contribution in [0.4, 0.5) is 13.2 Å². The molecule has 1 atom stereocenters. The lowest BCUT2D eigenvalue weighted by Gasteiger charge is -2.18. The Labute approximate surface area is 118 Å². The third-order valence-corrected chi connectivity index (χ3v) is 3.04. The molecule has 7 heteroatoms. The van der Waals surface area contributed by atoms with Gasteiger partial charge in [-0.3, -0.25) is 4.79 Å². The molecule has 0 aliphatic carbocycles. The summed E-state index contributed by atoms with van der Waals surface area (Å²) in [6.45, 7) is 2.07. The van der Waals surface area contributed by atoms with Crippen molar-refractivity contribution in [1.82, 2.24) is 4.57 Å². The molecule has 0 radical (unpaired) electrons. The number of hydrogen-bond donors (Lipinski definition) is 0. The van der Waals surface area contributed by atoms with Crippen molar-refractivity contribution in [1.29, 1.82) is 0 Å². The van der Waals surface area contributed by atoms with E-state index in [1.54, 1.807) is 6.92 Å². The highest BCUT2D eigenvalue weighted by Crippen LogP contribution is 2.29. The highest BCUT2D eigenvalue weighted by atomic mass is 19.4. The molecule has 114 valence electrons. The van der Waals surface area contributed by atoms with E-state index in [0.717, 1.165) is 0 Å². The maximum atomic E-state index is 12.5. The van der Waals surface area contributed by atoms with Gasteiger partial charge in [-0.25, -0.2) is 0 Å². The Kier molecular flexibility index (Phi) is 4.22. The van der Waals surface area contributed by atoms with Gasteiger partial charge in [-0.05, 0) is 19.1 Å². The van der Waals surface area contributed by atoms with Crippen molar-refractivity contribution in [3.8, 4) is 5.75 Å². The number of alkyl halides is 3. The molecule has 0 saturated carbocycles. The summed E-state index contributed by atoms with van der Waals surface area (Å²) in [6, 6.07) is 5.31. The zero-order chi connectivity index (χ0) is 15.6. The predicted octanol–water partition coefficient (Wildman–Crippen LogP) is 2.94. The third-order valence-electron chi connectivity index (χ3n) is 3.04. The Morgan fingerprint density at radius 3 is 2.62 bits per heavy atom. The highest BCUT2D eigenvalue weighted by molar-refractivity contribution is 5.84. The van der Waals surface area contributed by atoms with Gasteiger partial charge in [-0.15, -0.1) is 13.2 Å². The fourth-order valence-corrected chi connectivity index (χ4v) is 2.05. The first-order valence-electron chi connectivity index (χ1n) is 6.22. The summed E-state index contributed by atoms with van der Waals surface area (Å²) in [7, 11) is 1.50. The van der Waals surface area contributed by atoms with E-state index in [2.05, 4.69) is 4.74 Å². The molecule has 1 heterocycles. The molecule has 0 aliphatic heterocycles. The number of rotatable bonds is 4. The smallest absolute Gasteiger partial charge is 0.404 e. The average molecular weight is 301 g/mol. The van der Waals surface area contributed by atoms with Crippen molar-refractivity contribution < 1.29 is 22.6 Å². The molecular formula is C14H14F3NO3. The van der Waals surface area contributed by atoms with Crippen LogP contribution in [0.15, 0.2) is 35.3 Å². The van der Waals surface area contributed by atoms with Crippen LogP contribution in [-0.2, 0) is 11.3 Å². The molecule has 21 heavy (non-hydrogen) atoms. The van der Waals surface area contributed by atoms with Crippen LogP contribution in [0.5, 0.6) is 5.75 Å². The number of para-hydroxylation sites is 1. The van der Waals surface area contributed by atoms with Crippen LogP contribution in [0.3, 0.4) is 0 Å². The first-order valence-corrected chi connectivity index (χ1v) is 6.22. The number of halogens is 3. The van der Waals surface area contributed by atoms with Crippen molar-refractivity contribution in [2.24, 2.45) is 0 Å².